The summed E-state index contributed by atoms with van der Waals surface area (Å²) >= 11 is 0. The number of amides is 1. The summed E-state index contributed by atoms with van der Waals surface area (Å²) in [7, 11) is -2.07. The lowest BCUT2D eigenvalue weighted by atomic mass is 9.84. The molecule has 0 spiro atoms. The van der Waals surface area contributed by atoms with E-state index in [2.05, 4.69) is 5.32 Å². The predicted octanol–water partition coefficient (Wildman–Crippen LogP) is 2.10. The summed E-state index contributed by atoms with van der Waals surface area (Å²) in [6, 6.07) is 4.19. The number of aliphatic hydroxyl groups is 1. The van der Waals surface area contributed by atoms with E-state index in [4.69, 9.17) is 0 Å². The van der Waals surface area contributed by atoms with Gasteiger partial charge < -0.3 is 15.0 Å². The molecule has 1 aromatic heterocycles. The van der Waals surface area contributed by atoms with Crippen LogP contribution in [0.25, 0.3) is 0 Å². The van der Waals surface area contributed by atoms with Crippen molar-refractivity contribution in [3.8, 4) is 0 Å². The van der Waals surface area contributed by atoms with Crippen LogP contribution in [0.4, 0.5) is 14.5 Å². The molecule has 1 saturated carbocycles. The van der Waals surface area contributed by atoms with E-state index in [0.29, 0.717) is 12.8 Å². The number of benzene rings is 1. The van der Waals surface area contributed by atoms with Gasteiger partial charge in [-0.3, -0.25) is 4.79 Å². The van der Waals surface area contributed by atoms with Gasteiger partial charge in [-0.2, -0.15) is 0 Å². The molecule has 3 rings (SSSR count). The second-order valence-electron chi connectivity index (χ2n) is 6.53. The summed E-state index contributed by atoms with van der Waals surface area (Å²) in [6.07, 6.45) is 1.80. The van der Waals surface area contributed by atoms with Gasteiger partial charge in [0.05, 0.1) is 16.8 Å². The van der Waals surface area contributed by atoms with E-state index < -0.39 is 33.5 Å². The summed E-state index contributed by atoms with van der Waals surface area (Å²) in [5.74, 6) is -2.94. The minimum atomic E-state index is -3.59. The van der Waals surface area contributed by atoms with E-state index in [1.807, 2.05) is 0 Å². The highest BCUT2D eigenvalue weighted by Crippen LogP contribution is 2.30. The number of aliphatic hydroxyl groups excluding tert-OH is 1. The SMILES string of the molecule is Cn1cc(S(=O)(=O)CC2CC(O)C2)cc1C(=O)Nc1ccc(F)c(F)c1. The molecule has 1 fully saturated rings. The minimum Gasteiger partial charge on any atom is -0.393 e. The lowest BCUT2D eigenvalue weighted by molar-refractivity contribution is 0.0526. The van der Waals surface area contributed by atoms with Crippen molar-refractivity contribution >= 4 is 21.4 Å². The molecule has 2 N–H and O–H groups in total. The van der Waals surface area contributed by atoms with Crippen LogP contribution in [0.3, 0.4) is 0 Å². The van der Waals surface area contributed by atoms with Gasteiger partial charge >= 0.3 is 0 Å². The average Bonchev–Trinajstić information content (AvgIpc) is 2.92. The van der Waals surface area contributed by atoms with E-state index >= 15 is 0 Å². The van der Waals surface area contributed by atoms with E-state index in [-0.39, 0.29) is 27.9 Å². The van der Waals surface area contributed by atoms with Crippen LogP contribution in [0, 0.1) is 17.6 Å². The van der Waals surface area contributed by atoms with Crippen LogP contribution in [0.2, 0.25) is 0 Å². The Morgan fingerprint density at radius 3 is 2.58 bits per heavy atom. The Morgan fingerprint density at radius 1 is 1.27 bits per heavy atom. The lowest BCUT2D eigenvalue weighted by Gasteiger charge is -2.30. The van der Waals surface area contributed by atoms with E-state index in [0.717, 1.165) is 12.1 Å². The number of hydrogen-bond donors (Lipinski definition) is 2. The molecular weight excluding hydrogens is 366 g/mol. The fourth-order valence-corrected chi connectivity index (χ4v) is 4.64. The molecule has 1 aliphatic carbocycles. The van der Waals surface area contributed by atoms with Gasteiger partial charge in [-0.1, -0.05) is 0 Å². The van der Waals surface area contributed by atoms with Gasteiger partial charge in [0.1, 0.15) is 5.69 Å². The van der Waals surface area contributed by atoms with Crippen LogP contribution in [-0.2, 0) is 16.9 Å². The Bertz CT molecular complexity index is 950. The standard InChI is InChI=1S/C17H18F2N2O4S/c1-21-8-13(26(24,25)9-10-4-12(22)5-10)7-16(21)17(23)20-11-2-3-14(18)15(19)6-11/h2-3,6-8,10,12,22H,4-5,9H2,1H3,(H,20,23). The third-order valence-electron chi connectivity index (χ3n) is 4.42. The molecule has 1 aliphatic rings. The number of nitrogens with one attached hydrogen (secondary N) is 1. The van der Waals surface area contributed by atoms with Gasteiger partial charge in [0.15, 0.2) is 21.5 Å². The maximum Gasteiger partial charge on any atom is 0.272 e. The van der Waals surface area contributed by atoms with E-state index in [1.165, 1.54) is 29.9 Å². The van der Waals surface area contributed by atoms with E-state index in [1.54, 1.807) is 0 Å². The van der Waals surface area contributed by atoms with Gasteiger partial charge in [-0.05, 0) is 37.0 Å². The van der Waals surface area contributed by atoms with Crippen molar-refractivity contribution < 1.29 is 27.1 Å². The number of carbonyl (C=O) groups is 1. The number of rotatable bonds is 5. The first-order valence-electron chi connectivity index (χ1n) is 7.99. The quantitative estimate of drug-likeness (QED) is 0.826. The third kappa shape index (κ3) is 3.78. The summed E-state index contributed by atoms with van der Waals surface area (Å²) < 4.78 is 52.4. The predicted molar refractivity (Wildman–Crippen MR) is 90.5 cm³/mol. The first kappa shape index (κ1) is 18.5. The zero-order chi connectivity index (χ0) is 19.1. The summed E-state index contributed by atoms with van der Waals surface area (Å²) in [5, 5.41) is 11.7. The van der Waals surface area contributed by atoms with Gasteiger partial charge in [0.2, 0.25) is 0 Å². The number of halogens is 2. The molecular formula is C17H18F2N2O4S. The number of anilines is 1. The lowest BCUT2D eigenvalue weighted by Crippen LogP contribution is -2.33. The number of sulfone groups is 1. The Kier molecular flexibility index (Phi) is 4.85. The number of hydrogen-bond acceptors (Lipinski definition) is 4. The van der Waals surface area contributed by atoms with Crippen LogP contribution in [0.1, 0.15) is 23.3 Å². The number of aromatic nitrogens is 1. The summed E-state index contributed by atoms with van der Waals surface area (Å²) in [6.45, 7) is 0. The van der Waals surface area contributed by atoms with Gasteiger partial charge in [0.25, 0.3) is 5.91 Å². The van der Waals surface area contributed by atoms with Gasteiger partial charge in [-0.25, -0.2) is 17.2 Å². The van der Waals surface area contributed by atoms with Crippen LogP contribution in [-0.4, -0.2) is 35.9 Å². The van der Waals surface area contributed by atoms with Crippen LogP contribution in [0.5, 0.6) is 0 Å². The maximum atomic E-state index is 13.2. The molecule has 0 bridgehead atoms. The van der Waals surface area contributed by atoms with Crippen LogP contribution >= 0.6 is 0 Å². The molecule has 0 radical (unpaired) electrons. The fourth-order valence-electron chi connectivity index (χ4n) is 2.94. The Labute approximate surface area is 149 Å². The largest absolute Gasteiger partial charge is 0.393 e. The highest BCUT2D eigenvalue weighted by Gasteiger charge is 2.33. The summed E-state index contributed by atoms with van der Waals surface area (Å²) in [4.78, 5) is 12.3. The van der Waals surface area contributed by atoms with Crippen molar-refractivity contribution in [3.63, 3.8) is 0 Å². The van der Waals surface area contributed by atoms with Gasteiger partial charge in [0, 0.05) is 25.0 Å². The second kappa shape index (κ2) is 6.81. The normalized spacial score (nSPS) is 19.8. The second-order valence-corrected chi connectivity index (χ2v) is 8.56. The molecule has 2 aromatic rings. The molecule has 0 unspecified atom stereocenters. The van der Waals surface area contributed by atoms with Crippen molar-refractivity contribution in [2.75, 3.05) is 11.1 Å². The average molecular weight is 384 g/mol. The fraction of sp³-hybridized carbons (Fsp3) is 0.353. The summed E-state index contributed by atoms with van der Waals surface area (Å²) in [5.41, 5.74) is 0.130. The zero-order valence-corrected chi connectivity index (χ0v) is 14.8. The Hall–Kier alpha value is -2.26. The van der Waals surface area contributed by atoms with Crippen molar-refractivity contribution in [1.82, 2.24) is 4.57 Å². The zero-order valence-electron chi connectivity index (χ0n) is 13.9. The highest BCUT2D eigenvalue weighted by molar-refractivity contribution is 7.91. The number of nitrogens with zero attached hydrogens (tertiary/aromatic N) is 1. The molecule has 1 aromatic carbocycles. The molecule has 6 nitrogen and oxygen atoms in total. The van der Waals surface area contributed by atoms with Crippen LogP contribution < -0.4 is 5.32 Å². The first-order chi connectivity index (χ1) is 12.2. The molecule has 0 atom stereocenters. The maximum absolute atomic E-state index is 13.2. The Morgan fingerprint density at radius 2 is 1.96 bits per heavy atom. The molecule has 0 aliphatic heterocycles. The highest BCUT2D eigenvalue weighted by atomic mass is 32.2. The molecule has 140 valence electrons. The molecule has 26 heavy (non-hydrogen) atoms. The first-order valence-corrected chi connectivity index (χ1v) is 9.64. The smallest absolute Gasteiger partial charge is 0.272 e. The third-order valence-corrected chi connectivity index (χ3v) is 6.27. The van der Waals surface area contributed by atoms with Crippen molar-refractivity contribution in [2.45, 2.75) is 23.8 Å². The number of aryl methyl sites for hydroxylation is 1. The minimum absolute atomic E-state index is 0.0110. The Balaban J connectivity index is 1.76. The van der Waals surface area contributed by atoms with Crippen molar-refractivity contribution in [2.24, 2.45) is 13.0 Å². The van der Waals surface area contributed by atoms with E-state index in [9.17, 15) is 27.1 Å². The van der Waals surface area contributed by atoms with Crippen molar-refractivity contribution in [3.05, 3.63) is 47.8 Å². The topological polar surface area (TPSA) is 88.4 Å². The molecule has 1 amide bonds. The molecule has 1 heterocycles. The van der Waals surface area contributed by atoms with Gasteiger partial charge in [-0.15, -0.1) is 0 Å². The van der Waals surface area contributed by atoms with Crippen LogP contribution in [0.15, 0.2) is 35.4 Å². The van der Waals surface area contributed by atoms with Crippen molar-refractivity contribution in [1.29, 1.82) is 0 Å². The monoisotopic (exact) mass is 384 g/mol. The molecule has 0 saturated heterocycles. The molecule has 9 heteroatoms. The number of carbonyl (C=O) groups excluding carboxylic acids is 1.